The van der Waals surface area contributed by atoms with Gasteiger partial charge in [-0.2, -0.15) is 0 Å². The van der Waals surface area contributed by atoms with E-state index in [-0.39, 0.29) is 18.9 Å². The number of halogens is 2. The van der Waals surface area contributed by atoms with Crippen LogP contribution in [0.15, 0.2) is 17.6 Å². The Balaban J connectivity index is 1.57. The van der Waals surface area contributed by atoms with Crippen LogP contribution in [0.25, 0.3) is 10.8 Å². The molecule has 0 unspecified atom stereocenters. The van der Waals surface area contributed by atoms with Crippen molar-refractivity contribution in [2.75, 3.05) is 36.5 Å². The molecule has 26 heavy (non-hydrogen) atoms. The van der Waals surface area contributed by atoms with E-state index in [1.54, 1.807) is 6.20 Å². The monoisotopic (exact) mass is 381 g/mol. The fraction of sp³-hybridized carbons (Fsp3) is 0.588. The number of morpholine rings is 1. The summed E-state index contributed by atoms with van der Waals surface area (Å²) in [7, 11) is 0. The lowest BCUT2D eigenvalue weighted by atomic mass is 9.92. The molecular formula is C17H21F2N5OS. The summed E-state index contributed by atoms with van der Waals surface area (Å²) >= 11 is 1.48. The Hall–Kier alpha value is -1.87. The molecule has 4 rings (SSSR count). The largest absolute Gasteiger partial charge is 0.378 e. The van der Waals surface area contributed by atoms with Gasteiger partial charge >= 0.3 is 0 Å². The third kappa shape index (κ3) is 4.09. The highest BCUT2D eigenvalue weighted by atomic mass is 32.1. The van der Waals surface area contributed by atoms with Gasteiger partial charge < -0.3 is 15.0 Å². The molecule has 0 radical (unpaired) electrons. The van der Waals surface area contributed by atoms with Crippen LogP contribution >= 0.6 is 11.3 Å². The molecule has 1 aliphatic carbocycles. The van der Waals surface area contributed by atoms with Crippen molar-refractivity contribution >= 4 is 23.0 Å². The second-order valence-electron chi connectivity index (χ2n) is 6.65. The van der Waals surface area contributed by atoms with E-state index in [9.17, 15) is 8.78 Å². The van der Waals surface area contributed by atoms with E-state index >= 15 is 0 Å². The van der Waals surface area contributed by atoms with Crippen LogP contribution in [-0.4, -0.2) is 53.2 Å². The van der Waals surface area contributed by atoms with E-state index in [1.807, 2.05) is 11.4 Å². The maximum absolute atomic E-state index is 13.4. The summed E-state index contributed by atoms with van der Waals surface area (Å²) in [4.78, 5) is 15.7. The summed E-state index contributed by atoms with van der Waals surface area (Å²) in [5, 5.41) is 5.97. The van der Waals surface area contributed by atoms with E-state index < -0.39 is 5.92 Å². The van der Waals surface area contributed by atoms with Gasteiger partial charge in [-0.25, -0.2) is 23.7 Å². The van der Waals surface area contributed by atoms with Gasteiger partial charge in [-0.05, 0) is 12.8 Å². The van der Waals surface area contributed by atoms with Gasteiger partial charge in [0.25, 0.3) is 0 Å². The van der Waals surface area contributed by atoms with Crippen LogP contribution in [-0.2, 0) is 4.74 Å². The average Bonchev–Trinajstić information content (AvgIpc) is 3.19. The second-order valence-corrected chi connectivity index (χ2v) is 7.54. The molecule has 2 fully saturated rings. The normalized spacial score (nSPS) is 20.9. The second kappa shape index (κ2) is 7.40. The van der Waals surface area contributed by atoms with Crippen LogP contribution in [0.1, 0.15) is 25.7 Å². The van der Waals surface area contributed by atoms with Crippen LogP contribution in [0.4, 0.5) is 20.4 Å². The lowest BCUT2D eigenvalue weighted by Gasteiger charge is -2.30. The molecule has 0 amide bonds. The number of aromatic nitrogens is 3. The smallest absolute Gasteiger partial charge is 0.248 e. The Morgan fingerprint density at radius 2 is 1.96 bits per heavy atom. The van der Waals surface area contributed by atoms with Gasteiger partial charge in [0.05, 0.1) is 13.2 Å². The quantitative estimate of drug-likeness (QED) is 0.876. The molecule has 140 valence electrons. The van der Waals surface area contributed by atoms with Crippen LogP contribution in [0, 0.1) is 0 Å². The van der Waals surface area contributed by atoms with Crippen molar-refractivity contribution in [3.8, 4) is 10.8 Å². The Labute approximate surface area is 154 Å². The maximum atomic E-state index is 13.4. The molecule has 2 aromatic heterocycles. The van der Waals surface area contributed by atoms with Crippen LogP contribution in [0.2, 0.25) is 0 Å². The molecule has 0 atom stereocenters. The highest BCUT2D eigenvalue weighted by Gasteiger charge is 2.35. The predicted octanol–water partition coefficient (Wildman–Crippen LogP) is 3.43. The van der Waals surface area contributed by atoms with Gasteiger partial charge in [0, 0.05) is 49.6 Å². The van der Waals surface area contributed by atoms with E-state index in [4.69, 9.17) is 4.74 Å². The molecule has 0 bridgehead atoms. The zero-order chi connectivity index (χ0) is 18.0. The molecule has 1 aliphatic heterocycles. The van der Waals surface area contributed by atoms with Crippen molar-refractivity contribution in [2.24, 2.45) is 0 Å². The number of ether oxygens (including phenoxy) is 1. The first-order valence-electron chi connectivity index (χ1n) is 8.85. The molecule has 1 saturated heterocycles. The number of thiazole rings is 1. The Morgan fingerprint density at radius 3 is 2.65 bits per heavy atom. The van der Waals surface area contributed by atoms with E-state index in [1.165, 1.54) is 11.3 Å². The topological polar surface area (TPSA) is 63.2 Å². The van der Waals surface area contributed by atoms with Crippen molar-refractivity contribution in [3.63, 3.8) is 0 Å². The summed E-state index contributed by atoms with van der Waals surface area (Å²) in [6.45, 7) is 2.86. The molecular weight excluding hydrogens is 360 g/mol. The van der Waals surface area contributed by atoms with Gasteiger partial charge in [0.1, 0.15) is 11.6 Å². The third-order valence-corrected chi connectivity index (χ3v) is 5.51. The van der Waals surface area contributed by atoms with Crippen molar-refractivity contribution in [1.29, 1.82) is 0 Å². The summed E-state index contributed by atoms with van der Waals surface area (Å²) in [6.07, 6.45) is 2.45. The van der Waals surface area contributed by atoms with Crippen molar-refractivity contribution in [1.82, 2.24) is 15.0 Å². The lowest BCUT2D eigenvalue weighted by molar-refractivity contribution is -0.0361. The fourth-order valence-corrected chi connectivity index (χ4v) is 3.85. The standard InChI is InChI=1S/C17H21F2N5OS/c18-17(19)3-1-12(2-4-17)21-13-11-14(24-6-8-25-9-7-24)23-15(22-13)16-20-5-10-26-16/h5,10-12H,1-4,6-9H2,(H,21,22,23). The van der Waals surface area contributed by atoms with E-state index in [2.05, 4.69) is 25.2 Å². The van der Waals surface area contributed by atoms with Gasteiger partial charge in [0.2, 0.25) is 5.92 Å². The molecule has 1 saturated carbocycles. The average molecular weight is 381 g/mol. The van der Waals surface area contributed by atoms with Crippen LogP contribution in [0.5, 0.6) is 0 Å². The van der Waals surface area contributed by atoms with Gasteiger partial charge in [0.15, 0.2) is 10.8 Å². The van der Waals surface area contributed by atoms with Crippen LogP contribution in [0.3, 0.4) is 0 Å². The molecule has 2 aliphatic rings. The summed E-state index contributed by atoms with van der Waals surface area (Å²) in [6, 6.07) is 1.90. The molecule has 1 N–H and O–H groups in total. The number of alkyl halides is 2. The van der Waals surface area contributed by atoms with E-state index in [0.29, 0.717) is 37.7 Å². The molecule has 2 aromatic rings. The predicted molar refractivity (Wildman–Crippen MR) is 97.0 cm³/mol. The fourth-order valence-electron chi connectivity index (χ4n) is 3.29. The number of rotatable bonds is 4. The molecule has 0 aromatic carbocycles. The molecule has 6 nitrogen and oxygen atoms in total. The summed E-state index contributed by atoms with van der Waals surface area (Å²) < 4.78 is 32.2. The first-order valence-corrected chi connectivity index (χ1v) is 9.73. The Kier molecular flexibility index (Phi) is 4.99. The zero-order valence-corrected chi connectivity index (χ0v) is 15.1. The minimum atomic E-state index is -2.53. The van der Waals surface area contributed by atoms with Crippen molar-refractivity contribution < 1.29 is 13.5 Å². The third-order valence-electron chi connectivity index (χ3n) is 4.74. The van der Waals surface area contributed by atoms with Crippen molar-refractivity contribution in [2.45, 2.75) is 37.6 Å². The first kappa shape index (κ1) is 17.5. The summed E-state index contributed by atoms with van der Waals surface area (Å²) in [5.74, 6) is -0.485. The van der Waals surface area contributed by atoms with E-state index in [0.717, 1.165) is 23.9 Å². The lowest BCUT2D eigenvalue weighted by Crippen LogP contribution is -2.37. The number of hydrogen-bond donors (Lipinski definition) is 1. The minimum Gasteiger partial charge on any atom is -0.378 e. The zero-order valence-electron chi connectivity index (χ0n) is 14.3. The number of anilines is 2. The number of nitrogens with zero attached hydrogens (tertiary/aromatic N) is 4. The highest BCUT2D eigenvalue weighted by Crippen LogP contribution is 2.34. The Morgan fingerprint density at radius 1 is 1.19 bits per heavy atom. The SMILES string of the molecule is FC1(F)CCC(Nc2cc(N3CCOCC3)nc(-c3nccs3)n2)CC1. The Bertz CT molecular complexity index is 727. The number of nitrogens with one attached hydrogen (secondary N) is 1. The van der Waals surface area contributed by atoms with Crippen molar-refractivity contribution in [3.05, 3.63) is 17.6 Å². The van der Waals surface area contributed by atoms with Gasteiger partial charge in [-0.15, -0.1) is 11.3 Å². The van der Waals surface area contributed by atoms with Gasteiger partial charge in [-0.1, -0.05) is 0 Å². The molecule has 3 heterocycles. The first-order chi connectivity index (χ1) is 12.6. The number of hydrogen-bond acceptors (Lipinski definition) is 7. The highest BCUT2D eigenvalue weighted by molar-refractivity contribution is 7.13. The minimum absolute atomic E-state index is 0.00575. The molecule has 9 heteroatoms. The van der Waals surface area contributed by atoms with Crippen LogP contribution < -0.4 is 10.2 Å². The maximum Gasteiger partial charge on any atom is 0.248 e. The summed E-state index contributed by atoms with van der Waals surface area (Å²) in [5.41, 5.74) is 0. The molecule has 0 spiro atoms. The van der Waals surface area contributed by atoms with Gasteiger partial charge in [-0.3, -0.25) is 0 Å².